The third-order valence-corrected chi connectivity index (χ3v) is 7.36. The SMILES string of the molecule is COCCOC1CN(C2CCN(C(=O)Cc3cccc(F)c3)CC2)C12CCCCC2. The average molecular weight is 419 g/mol. The third kappa shape index (κ3) is 4.56. The van der Waals surface area contributed by atoms with Crippen molar-refractivity contribution in [3.63, 3.8) is 0 Å². The minimum Gasteiger partial charge on any atom is -0.382 e. The minimum atomic E-state index is -0.281. The second kappa shape index (κ2) is 9.75. The van der Waals surface area contributed by atoms with Gasteiger partial charge >= 0.3 is 0 Å². The maximum absolute atomic E-state index is 13.4. The molecule has 0 radical (unpaired) electrons. The molecule has 1 aromatic rings. The van der Waals surface area contributed by atoms with E-state index in [2.05, 4.69) is 4.90 Å². The van der Waals surface area contributed by atoms with Crippen LogP contribution in [-0.2, 0) is 20.7 Å². The number of halogens is 1. The summed E-state index contributed by atoms with van der Waals surface area (Å²) in [6.45, 7) is 3.91. The Morgan fingerprint density at radius 2 is 1.93 bits per heavy atom. The molecule has 0 aromatic heterocycles. The lowest BCUT2D eigenvalue weighted by Crippen LogP contribution is -2.75. The van der Waals surface area contributed by atoms with E-state index in [9.17, 15) is 9.18 Å². The standard InChI is InChI=1S/C24H35FN2O3/c1-29-14-15-30-22-18-27(24(22)10-3-2-4-11-24)21-8-12-26(13-9-21)23(28)17-19-6-5-7-20(25)16-19/h5-7,16,21-22H,2-4,8-15,17-18H2,1H3. The molecule has 1 aromatic carbocycles. The molecule has 1 spiro atoms. The van der Waals surface area contributed by atoms with Gasteiger partial charge in [0.15, 0.2) is 0 Å². The number of ether oxygens (including phenoxy) is 2. The zero-order chi connectivity index (χ0) is 21.0. The van der Waals surface area contributed by atoms with Gasteiger partial charge in [0, 0.05) is 38.3 Å². The van der Waals surface area contributed by atoms with Gasteiger partial charge in [-0.15, -0.1) is 0 Å². The predicted octanol–water partition coefficient (Wildman–Crippen LogP) is 3.41. The second-order valence-electron chi connectivity index (χ2n) is 9.09. The first kappa shape index (κ1) is 21.7. The van der Waals surface area contributed by atoms with Crippen molar-refractivity contribution in [1.29, 1.82) is 0 Å². The van der Waals surface area contributed by atoms with E-state index in [1.807, 2.05) is 11.0 Å². The second-order valence-corrected chi connectivity index (χ2v) is 9.09. The van der Waals surface area contributed by atoms with Crippen LogP contribution in [0.3, 0.4) is 0 Å². The van der Waals surface area contributed by atoms with Crippen molar-refractivity contribution in [3.8, 4) is 0 Å². The van der Waals surface area contributed by atoms with E-state index in [0.29, 0.717) is 25.4 Å². The Kier molecular flexibility index (Phi) is 7.06. The van der Waals surface area contributed by atoms with E-state index in [-0.39, 0.29) is 23.7 Å². The van der Waals surface area contributed by atoms with Crippen LogP contribution in [0.1, 0.15) is 50.5 Å². The van der Waals surface area contributed by atoms with E-state index < -0.39 is 0 Å². The van der Waals surface area contributed by atoms with Crippen molar-refractivity contribution in [2.45, 2.75) is 69.1 Å². The monoisotopic (exact) mass is 418 g/mol. The summed E-state index contributed by atoms with van der Waals surface area (Å²) < 4.78 is 24.8. The zero-order valence-electron chi connectivity index (χ0n) is 18.2. The number of rotatable bonds is 7. The summed E-state index contributed by atoms with van der Waals surface area (Å²) in [5.74, 6) is -0.173. The van der Waals surface area contributed by atoms with Gasteiger partial charge < -0.3 is 14.4 Å². The maximum Gasteiger partial charge on any atom is 0.226 e. The molecule has 5 nitrogen and oxygen atoms in total. The molecular weight excluding hydrogens is 383 g/mol. The molecule has 0 bridgehead atoms. The fourth-order valence-corrected chi connectivity index (χ4v) is 5.73. The van der Waals surface area contributed by atoms with E-state index in [1.165, 1.54) is 44.2 Å². The molecule has 1 amide bonds. The Balaban J connectivity index is 1.31. The van der Waals surface area contributed by atoms with Crippen molar-refractivity contribution >= 4 is 5.91 Å². The summed E-state index contributed by atoms with van der Waals surface area (Å²) in [6.07, 6.45) is 8.98. The molecule has 1 atom stereocenters. The van der Waals surface area contributed by atoms with Gasteiger partial charge in [0.05, 0.1) is 25.7 Å². The Morgan fingerprint density at radius 3 is 2.63 bits per heavy atom. The number of piperidine rings is 1. The number of likely N-dealkylation sites (tertiary alicyclic amines) is 2. The summed E-state index contributed by atoms with van der Waals surface area (Å²) in [4.78, 5) is 17.4. The fourth-order valence-electron chi connectivity index (χ4n) is 5.73. The van der Waals surface area contributed by atoms with Crippen molar-refractivity contribution in [2.24, 2.45) is 0 Å². The van der Waals surface area contributed by atoms with E-state index in [1.54, 1.807) is 13.2 Å². The summed E-state index contributed by atoms with van der Waals surface area (Å²) in [6, 6.07) is 6.90. The molecule has 2 heterocycles. The molecule has 1 saturated carbocycles. The number of amides is 1. The molecule has 2 aliphatic heterocycles. The number of benzene rings is 1. The van der Waals surface area contributed by atoms with Crippen molar-refractivity contribution < 1.29 is 18.7 Å². The predicted molar refractivity (Wildman–Crippen MR) is 114 cm³/mol. The van der Waals surface area contributed by atoms with E-state index in [0.717, 1.165) is 38.0 Å². The van der Waals surface area contributed by atoms with Crippen molar-refractivity contribution in [2.75, 3.05) is 40.0 Å². The molecule has 1 aliphatic carbocycles. The summed E-state index contributed by atoms with van der Waals surface area (Å²) >= 11 is 0. The molecule has 3 aliphatic rings. The van der Waals surface area contributed by atoms with E-state index >= 15 is 0 Å². The van der Waals surface area contributed by atoms with Crippen LogP contribution in [0.15, 0.2) is 24.3 Å². The number of nitrogens with zero attached hydrogens (tertiary/aromatic N) is 2. The highest BCUT2D eigenvalue weighted by molar-refractivity contribution is 5.78. The highest BCUT2D eigenvalue weighted by Gasteiger charge is 2.56. The van der Waals surface area contributed by atoms with Crippen LogP contribution in [0.2, 0.25) is 0 Å². The molecule has 4 rings (SSSR count). The van der Waals surface area contributed by atoms with Gasteiger partial charge in [-0.1, -0.05) is 31.4 Å². The van der Waals surface area contributed by atoms with Gasteiger partial charge in [-0.3, -0.25) is 9.69 Å². The van der Waals surface area contributed by atoms with Gasteiger partial charge in [-0.2, -0.15) is 0 Å². The zero-order valence-corrected chi connectivity index (χ0v) is 18.2. The molecule has 6 heteroatoms. The number of hydrogen-bond acceptors (Lipinski definition) is 4. The van der Waals surface area contributed by atoms with Crippen LogP contribution in [0.5, 0.6) is 0 Å². The van der Waals surface area contributed by atoms with Crippen LogP contribution in [0.25, 0.3) is 0 Å². The summed E-state index contributed by atoms with van der Waals surface area (Å²) in [7, 11) is 1.72. The fraction of sp³-hybridized carbons (Fsp3) is 0.708. The largest absolute Gasteiger partial charge is 0.382 e. The molecule has 3 fully saturated rings. The lowest BCUT2D eigenvalue weighted by Gasteiger charge is -2.63. The molecule has 30 heavy (non-hydrogen) atoms. The summed E-state index contributed by atoms with van der Waals surface area (Å²) in [5, 5.41) is 0. The smallest absolute Gasteiger partial charge is 0.226 e. The highest BCUT2D eigenvalue weighted by atomic mass is 19.1. The van der Waals surface area contributed by atoms with Crippen LogP contribution in [0.4, 0.5) is 4.39 Å². The van der Waals surface area contributed by atoms with Gasteiger partial charge in [0.1, 0.15) is 5.82 Å². The Bertz CT molecular complexity index is 714. The van der Waals surface area contributed by atoms with Crippen LogP contribution < -0.4 is 0 Å². The lowest BCUT2D eigenvalue weighted by molar-refractivity contribution is -0.204. The number of hydrogen-bond donors (Lipinski definition) is 0. The number of methoxy groups -OCH3 is 1. The molecule has 1 unspecified atom stereocenters. The van der Waals surface area contributed by atoms with Crippen molar-refractivity contribution in [3.05, 3.63) is 35.6 Å². The topological polar surface area (TPSA) is 42.0 Å². The third-order valence-electron chi connectivity index (χ3n) is 7.36. The lowest BCUT2D eigenvalue weighted by atomic mass is 9.69. The van der Waals surface area contributed by atoms with Gasteiger partial charge in [0.2, 0.25) is 5.91 Å². The normalized spacial score (nSPS) is 24.7. The maximum atomic E-state index is 13.4. The Morgan fingerprint density at radius 1 is 1.17 bits per heavy atom. The first-order valence-corrected chi connectivity index (χ1v) is 11.5. The molecule has 0 N–H and O–H groups in total. The molecular formula is C24H35FN2O3. The van der Waals surface area contributed by atoms with Gasteiger partial charge in [-0.25, -0.2) is 4.39 Å². The Labute approximate surface area is 179 Å². The van der Waals surface area contributed by atoms with Crippen molar-refractivity contribution in [1.82, 2.24) is 9.80 Å². The average Bonchev–Trinajstić information content (AvgIpc) is 2.76. The van der Waals surface area contributed by atoms with E-state index in [4.69, 9.17) is 9.47 Å². The highest BCUT2D eigenvalue weighted by Crippen LogP contribution is 2.47. The Hall–Kier alpha value is -1.50. The first-order valence-electron chi connectivity index (χ1n) is 11.5. The number of carbonyl (C=O) groups excluding carboxylic acids is 1. The van der Waals surface area contributed by atoms with Crippen LogP contribution in [0, 0.1) is 5.82 Å². The first-order chi connectivity index (χ1) is 14.6. The quantitative estimate of drug-likeness (QED) is 0.637. The molecule has 166 valence electrons. The van der Waals surface area contributed by atoms with Crippen LogP contribution >= 0.6 is 0 Å². The number of carbonyl (C=O) groups is 1. The minimum absolute atomic E-state index is 0.107. The van der Waals surface area contributed by atoms with Crippen LogP contribution in [-0.4, -0.2) is 73.3 Å². The summed E-state index contributed by atoms with van der Waals surface area (Å²) in [5.41, 5.74) is 0.951. The van der Waals surface area contributed by atoms with Gasteiger partial charge in [0.25, 0.3) is 0 Å². The molecule has 2 saturated heterocycles. The van der Waals surface area contributed by atoms with Gasteiger partial charge in [-0.05, 0) is 43.4 Å².